The van der Waals surface area contributed by atoms with Crippen LogP contribution in [0.2, 0.25) is 14.4 Å². The molecule has 198 valence electrons. The molecule has 1 fully saturated rings. The lowest BCUT2D eigenvalue weighted by Gasteiger charge is -2.30. The molecule has 0 radical (unpaired) electrons. The van der Waals surface area contributed by atoms with Crippen LogP contribution >= 0.6 is 46.1 Å². The number of carbonyl (C=O) groups excluding carboxylic acids is 1. The van der Waals surface area contributed by atoms with Crippen LogP contribution in [-0.2, 0) is 5.67 Å². The normalized spacial score (nSPS) is 16.1. The maximum absolute atomic E-state index is 14.4. The Morgan fingerprint density at radius 3 is 2.05 bits per heavy atom. The van der Waals surface area contributed by atoms with Gasteiger partial charge in [0.15, 0.2) is 0 Å². The van der Waals surface area contributed by atoms with Crippen molar-refractivity contribution >= 4 is 69.5 Å². The minimum Gasteiger partial charge on any atom is -0.404 e. The zero-order chi connectivity index (χ0) is 28.0. The van der Waals surface area contributed by atoms with Gasteiger partial charge in [-0.05, 0) is 31.0 Å². The summed E-state index contributed by atoms with van der Waals surface area (Å²) in [5.74, 6) is -0.606. The molecule has 1 heterocycles. The number of hydrogen-bond donors (Lipinski definition) is 2. The zero-order valence-corrected chi connectivity index (χ0v) is 21.0. The number of rotatable bonds is 6. The molecular weight excluding hydrogens is 596 g/mol. The van der Waals surface area contributed by atoms with Crippen LogP contribution in [0.1, 0.15) is 33.6 Å². The van der Waals surface area contributed by atoms with Crippen molar-refractivity contribution in [1.82, 2.24) is 5.32 Å². The molecular formula is C21H12Cl3F7N4OS. The van der Waals surface area contributed by atoms with E-state index in [1.165, 1.54) is 6.07 Å². The number of nitriles is 1. The number of nitrogens with one attached hydrogen (secondary N) is 1. The fourth-order valence-electron chi connectivity index (χ4n) is 3.04. The lowest BCUT2D eigenvalue weighted by atomic mass is 9.94. The molecule has 5 nitrogen and oxygen atoms in total. The highest BCUT2D eigenvalue weighted by Crippen LogP contribution is 2.54. The lowest BCUT2D eigenvalue weighted by molar-refractivity contribution is -0.348. The maximum Gasteiger partial charge on any atom is 0.435 e. The second kappa shape index (κ2) is 9.98. The van der Waals surface area contributed by atoms with Gasteiger partial charge in [-0.1, -0.05) is 34.8 Å². The molecule has 0 saturated heterocycles. The largest absolute Gasteiger partial charge is 0.435 e. The van der Waals surface area contributed by atoms with E-state index in [1.54, 1.807) is 0 Å². The minimum absolute atomic E-state index is 0.0370. The third-order valence-electron chi connectivity index (χ3n) is 5.24. The average Bonchev–Trinajstić information content (AvgIpc) is 3.45. The van der Waals surface area contributed by atoms with Gasteiger partial charge in [-0.3, -0.25) is 9.79 Å². The highest BCUT2D eigenvalue weighted by Gasteiger charge is 2.73. The molecule has 37 heavy (non-hydrogen) atoms. The van der Waals surface area contributed by atoms with Gasteiger partial charge in [0, 0.05) is 28.4 Å². The topological polar surface area (TPSA) is 91.3 Å². The molecule has 3 N–H and O–H groups in total. The smallest absolute Gasteiger partial charge is 0.404 e. The van der Waals surface area contributed by atoms with Crippen LogP contribution in [0.25, 0.3) is 5.57 Å². The van der Waals surface area contributed by atoms with Crippen molar-refractivity contribution in [3.8, 4) is 6.07 Å². The first-order valence-corrected chi connectivity index (χ1v) is 11.8. The summed E-state index contributed by atoms with van der Waals surface area (Å²) in [5.41, 5.74) is -3.28. The highest BCUT2D eigenvalue weighted by atomic mass is 35.5. The summed E-state index contributed by atoms with van der Waals surface area (Å²) in [6, 6.07) is 3.59. The van der Waals surface area contributed by atoms with E-state index in [4.69, 9.17) is 45.8 Å². The maximum atomic E-state index is 14.4. The van der Waals surface area contributed by atoms with E-state index in [-0.39, 0.29) is 27.6 Å². The van der Waals surface area contributed by atoms with Gasteiger partial charge in [0.25, 0.3) is 5.91 Å². The molecule has 1 aliphatic carbocycles. The first-order valence-electron chi connectivity index (χ1n) is 9.81. The molecule has 3 rings (SSSR count). The first kappa shape index (κ1) is 29.0. The van der Waals surface area contributed by atoms with Crippen LogP contribution in [0.3, 0.4) is 0 Å². The molecule has 0 unspecified atom stereocenters. The molecule has 1 aromatic carbocycles. The van der Waals surface area contributed by atoms with Crippen LogP contribution in [-0.4, -0.2) is 30.0 Å². The lowest BCUT2D eigenvalue weighted by Crippen LogP contribution is -2.50. The van der Waals surface area contributed by atoms with Crippen LogP contribution in [0.4, 0.5) is 36.4 Å². The molecule has 2 aromatic rings. The van der Waals surface area contributed by atoms with Gasteiger partial charge in [0.05, 0.1) is 21.7 Å². The highest BCUT2D eigenvalue weighted by molar-refractivity contribution is 7.18. The third kappa shape index (κ3) is 5.52. The number of hydrogen-bond acceptors (Lipinski definition) is 5. The number of amides is 1. The molecule has 1 amide bonds. The fourth-order valence-corrected chi connectivity index (χ4v) is 4.88. The summed E-state index contributed by atoms with van der Waals surface area (Å²) in [4.78, 5) is 16.6. The molecule has 0 aliphatic heterocycles. The summed E-state index contributed by atoms with van der Waals surface area (Å²) in [7, 11) is 0. The Kier molecular flexibility index (Phi) is 7.83. The Balaban J connectivity index is 1.92. The van der Waals surface area contributed by atoms with Crippen molar-refractivity contribution in [3.63, 3.8) is 0 Å². The van der Waals surface area contributed by atoms with Crippen molar-refractivity contribution < 1.29 is 35.5 Å². The molecule has 1 aromatic heterocycles. The van der Waals surface area contributed by atoms with E-state index < -0.39 is 50.8 Å². The summed E-state index contributed by atoms with van der Waals surface area (Å²) >= 11 is 18.7. The predicted molar refractivity (Wildman–Crippen MR) is 126 cm³/mol. The van der Waals surface area contributed by atoms with Gasteiger partial charge in [-0.25, -0.2) is 4.39 Å². The quantitative estimate of drug-likeness (QED) is 0.263. The number of nitrogens with zero attached hydrogens (tertiary/aromatic N) is 2. The van der Waals surface area contributed by atoms with Crippen LogP contribution in [0, 0.1) is 11.3 Å². The first-order chi connectivity index (χ1) is 17.0. The monoisotopic (exact) mass is 606 g/mol. The Bertz CT molecular complexity index is 1300. The SMILES string of the molecule is N#CC1(NC(=O)c2cc(C(C=Nc3c(Cl)cc(C(F)(C(F)(F)F)C(F)(F)F)cc3Cl)=CN)sc2Cl)CC1. The van der Waals surface area contributed by atoms with Crippen LogP contribution in [0.15, 0.2) is 29.4 Å². The van der Waals surface area contributed by atoms with Crippen LogP contribution in [0.5, 0.6) is 0 Å². The Labute approximate surface area is 223 Å². The molecule has 0 atom stereocenters. The number of thiophene rings is 1. The third-order valence-corrected chi connectivity index (χ3v) is 7.22. The number of allylic oxidation sites excluding steroid dienone is 1. The molecule has 16 heteroatoms. The van der Waals surface area contributed by atoms with Crippen molar-refractivity contribution in [2.45, 2.75) is 36.4 Å². The standard InChI is InChI=1S/C21H12Cl3F7N4OS/c22-12-3-10(19(25,20(26,27)28)21(29,30)31)4-13(23)15(12)34-7-9(6-32)14-5-11(16(24)37-14)17(36)35-18(8-33)1-2-18/h3-7H,1-2,32H2,(H,35,36). The van der Waals surface area contributed by atoms with Gasteiger partial charge < -0.3 is 11.1 Å². The van der Waals surface area contributed by atoms with Gasteiger partial charge in [0.2, 0.25) is 0 Å². The average molecular weight is 608 g/mol. The number of nitrogens with two attached hydrogens (primary N) is 1. The molecule has 0 spiro atoms. The summed E-state index contributed by atoms with van der Waals surface area (Å²) < 4.78 is 92.8. The second-order valence-corrected chi connectivity index (χ2v) is 10.2. The fraction of sp³-hybridized carbons (Fsp3) is 0.286. The predicted octanol–water partition coefficient (Wildman–Crippen LogP) is 7.49. The number of halogens is 10. The molecule has 1 aliphatic rings. The Morgan fingerprint density at radius 1 is 1.08 bits per heavy atom. The van der Waals surface area contributed by atoms with E-state index in [0.29, 0.717) is 17.7 Å². The number of benzene rings is 1. The number of aliphatic imine (C=N–C) groups is 1. The molecule has 1 saturated carbocycles. The second-order valence-electron chi connectivity index (χ2n) is 7.77. The van der Waals surface area contributed by atoms with Crippen molar-refractivity contribution in [3.05, 3.63) is 54.8 Å². The van der Waals surface area contributed by atoms with Crippen molar-refractivity contribution in [1.29, 1.82) is 5.26 Å². The van der Waals surface area contributed by atoms with Gasteiger partial charge >= 0.3 is 18.0 Å². The van der Waals surface area contributed by atoms with Crippen molar-refractivity contribution in [2.75, 3.05) is 0 Å². The Morgan fingerprint density at radius 2 is 1.62 bits per heavy atom. The van der Waals surface area contributed by atoms with Gasteiger partial charge in [-0.2, -0.15) is 31.6 Å². The summed E-state index contributed by atoms with van der Waals surface area (Å²) in [6.45, 7) is 0. The summed E-state index contributed by atoms with van der Waals surface area (Å²) in [6.07, 6.45) is -9.69. The van der Waals surface area contributed by atoms with Crippen molar-refractivity contribution in [2.24, 2.45) is 10.7 Å². The van der Waals surface area contributed by atoms with E-state index in [9.17, 15) is 35.5 Å². The number of alkyl halides is 7. The van der Waals surface area contributed by atoms with E-state index >= 15 is 0 Å². The van der Waals surface area contributed by atoms with E-state index in [1.807, 2.05) is 6.07 Å². The van der Waals surface area contributed by atoms with Gasteiger partial charge in [-0.15, -0.1) is 11.3 Å². The number of carbonyl (C=O) groups is 1. The molecule has 0 bridgehead atoms. The van der Waals surface area contributed by atoms with E-state index in [2.05, 4.69) is 10.3 Å². The summed E-state index contributed by atoms with van der Waals surface area (Å²) in [5, 5.41) is 10.1. The minimum atomic E-state index is -6.35. The Hall–Kier alpha value is -2.53. The van der Waals surface area contributed by atoms with Gasteiger partial charge in [0.1, 0.15) is 15.6 Å². The van der Waals surface area contributed by atoms with Crippen LogP contribution < -0.4 is 11.1 Å². The zero-order valence-electron chi connectivity index (χ0n) is 17.9. The van der Waals surface area contributed by atoms with E-state index in [0.717, 1.165) is 23.8 Å².